The second-order valence-corrected chi connectivity index (χ2v) is 5.65. The summed E-state index contributed by atoms with van der Waals surface area (Å²) >= 11 is 0. The molecule has 2 aromatic rings. The van der Waals surface area contributed by atoms with E-state index in [4.69, 9.17) is 4.74 Å². The van der Waals surface area contributed by atoms with Crippen LogP contribution in [0.5, 0.6) is 0 Å². The lowest BCUT2D eigenvalue weighted by atomic mass is 9.98. The monoisotopic (exact) mass is 300 g/mol. The van der Waals surface area contributed by atoms with Gasteiger partial charge in [0.2, 0.25) is 5.91 Å². The van der Waals surface area contributed by atoms with Crippen LogP contribution in [0.2, 0.25) is 0 Å². The molecule has 1 amide bonds. The van der Waals surface area contributed by atoms with E-state index >= 15 is 0 Å². The van der Waals surface area contributed by atoms with Gasteiger partial charge in [0.05, 0.1) is 6.61 Å². The van der Waals surface area contributed by atoms with E-state index in [2.05, 4.69) is 22.3 Å². The van der Waals surface area contributed by atoms with E-state index in [0.717, 1.165) is 18.7 Å². The van der Waals surface area contributed by atoms with Crippen LogP contribution in [0, 0.1) is 5.92 Å². The first kappa shape index (κ1) is 14.7. The number of aromatic nitrogens is 3. The van der Waals surface area contributed by atoms with E-state index in [1.165, 1.54) is 5.56 Å². The molecule has 0 N–H and O–H groups in total. The number of amides is 1. The Balaban J connectivity index is 1.64. The third kappa shape index (κ3) is 3.33. The van der Waals surface area contributed by atoms with Gasteiger partial charge in [0.1, 0.15) is 12.7 Å². The summed E-state index contributed by atoms with van der Waals surface area (Å²) in [6.07, 6.45) is 4.90. The van der Waals surface area contributed by atoms with Crippen molar-refractivity contribution in [3.8, 4) is 5.69 Å². The highest BCUT2D eigenvalue weighted by Gasteiger charge is 2.29. The predicted molar refractivity (Wildman–Crippen MR) is 81.6 cm³/mol. The first-order valence-electron chi connectivity index (χ1n) is 7.47. The van der Waals surface area contributed by atoms with Crippen LogP contribution in [0.1, 0.15) is 12.0 Å². The molecule has 2 heterocycles. The fourth-order valence-electron chi connectivity index (χ4n) is 2.92. The Labute approximate surface area is 129 Å². The van der Waals surface area contributed by atoms with Crippen LogP contribution in [0.3, 0.4) is 0 Å². The SMILES string of the molecule is COCCN1C[C@H](Cc2cccc(-n3cnnc3)c2)CC1=O. The standard InChI is InChI=1S/C16H20N4O2/c1-22-6-5-19-10-14(9-16(19)21)7-13-3-2-4-15(8-13)20-11-17-18-12-20/h2-4,8,11-12,14H,5-7,9-10H2,1H3/t14-/m1/s1. The van der Waals surface area contributed by atoms with Crippen molar-refractivity contribution in [3.05, 3.63) is 42.5 Å². The van der Waals surface area contributed by atoms with Gasteiger partial charge in [-0.15, -0.1) is 10.2 Å². The van der Waals surface area contributed by atoms with Gasteiger partial charge in [0.15, 0.2) is 0 Å². The van der Waals surface area contributed by atoms with Gasteiger partial charge < -0.3 is 9.64 Å². The Morgan fingerprint density at radius 2 is 2.14 bits per heavy atom. The van der Waals surface area contributed by atoms with E-state index in [-0.39, 0.29) is 5.91 Å². The summed E-state index contributed by atoms with van der Waals surface area (Å²) in [5.74, 6) is 0.609. The average molecular weight is 300 g/mol. The minimum Gasteiger partial charge on any atom is -0.383 e. The Morgan fingerprint density at radius 3 is 2.91 bits per heavy atom. The molecular weight excluding hydrogens is 280 g/mol. The van der Waals surface area contributed by atoms with Crippen LogP contribution in [0.25, 0.3) is 5.69 Å². The van der Waals surface area contributed by atoms with Crippen LogP contribution < -0.4 is 0 Å². The zero-order chi connectivity index (χ0) is 15.4. The smallest absolute Gasteiger partial charge is 0.223 e. The highest BCUT2D eigenvalue weighted by Crippen LogP contribution is 2.22. The minimum absolute atomic E-state index is 0.233. The summed E-state index contributed by atoms with van der Waals surface area (Å²) < 4.78 is 6.94. The molecule has 1 atom stereocenters. The summed E-state index contributed by atoms with van der Waals surface area (Å²) in [5, 5.41) is 7.66. The zero-order valence-corrected chi connectivity index (χ0v) is 12.7. The topological polar surface area (TPSA) is 60.2 Å². The normalized spacial score (nSPS) is 18.1. The number of rotatable bonds is 6. The van der Waals surface area contributed by atoms with Crippen molar-refractivity contribution in [3.63, 3.8) is 0 Å². The lowest BCUT2D eigenvalue weighted by molar-refractivity contribution is -0.128. The molecule has 1 aliphatic rings. The van der Waals surface area contributed by atoms with Crippen molar-refractivity contribution in [2.24, 2.45) is 5.92 Å². The van der Waals surface area contributed by atoms with E-state index in [1.807, 2.05) is 21.6 Å². The number of hydrogen-bond acceptors (Lipinski definition) is 4. The molecule has 1 aromatic heterocycles. The molecule has 3 rings (SSSR count). The van der Waals surface area contributed by atoms with Crippen LogP contribution in [0.15, 0.2) is 36.9 Å². The number of likely N-dealkylation sites (tertiary alicyclic amines) is 1. The summed E-state index contributed by atoms with van der Waals surface area (Å²) in [7, 11) is 1.66. The lowest BCUT2D eigenvalue weighted by Crippen LogP contribution is -2.28. The van der Waals surface area contributed by atoms with Gasteiger partial charge in [-0.25, -0.2) is 0 Å². The molecule has 0 radical (unpaired) electrons. The molecule has 6 heteroatoms. The maximum absolute atomic E-state index is 12.0. The van der Waals surface area contributed by atoms with E-state index in [1.54, 1.807) is 19.8 Å². The van der Waals surface area contributed by atoms with E-state index < -0.39 is 0 Å². The van der Waals surface area contributed by atoms with Gasteiger partial charge in [-0.2, -0.15) is 0 Å². The third-order valence-corrected chi connectivity index (χ3v) is 4.01. The van der Waals surface area contributed by atoms with Gasteiger partial charge >= 0.3 is 0 Å². The quantitative estimate of drug-likeness (QED) is 0.807. The van der Waals surface area contributed by atoms with Gasteiger partial charge in [-0.1, -0.05) is 12.1 Å². The second kappa shape index (κ2) is 6.70. The molecule has 1 fully saturated rings. The van der Waals surface area contributed by atoms with Gasteiger partial charge in [-0.3, -0.25) is 9.36 Å². The van der Waals surface area contributed by atoms with Crippen molar-refractivity contribution in [1.82, 2.24) is 19.7 Å². The first-order valence-corrected chi connectivity index (χ1v) is 7.47. The summed E-state index contributed by atoms with van der Waals surface area (Å²) in [6.45, 7) is 2.10. The van der Waals surface area contributed by atoms with Crippen LogP contribution >= 0.6 is 0 Å². The molecule has 0 unspecified atom stereocenters. The summed E-state index contributed by atoms with van der Waals surface area (Å²) in [6, 6.07) is 8.30. The van der Waals surface area contributed by atoms with Crippen molar-refractivity contribution in [2.45, 2.75) is 12.8 Å². The van der Waals surface area contributed by atoms with Crippen molar-refractivity contribution >= 4 is 5.91 Å². The van der Waals surface area contributed by atoms with Crippen LogP contribution in [0.4, 0.5) is 0 Å². The van der Waals surface area contributed by atoms with E-state index in [0.29, 0.717) is 25.5 Å². The second-order valence-electron chi connectivity index (χ2n) is 5.65. The summed E-state index contributed by atoms with van der Waals surface area (Å²) in [4.78, 5) is 13.9. The van der Waals surface area contributed by atoms with Crippen LogP contribution in [-0.2, 0) is 16.0 Å². The number of methoxy groups -OCH3 is 1. The fraction of sp³-hybridized carbons (Fsp3) is 0.438. The van der Waals surface area contributed by atoms with Crippen molar-refractivity contribution < 1.29 is 9.53 Å². The summed E-state index contributed by atoms with van der Waals surface area (Å²) in [5.41, 5.74) is 2.28. The third-order valence-electron chi connectivity index (χ3n) is 4.01. The van der Waals surface area contributed by atoms with E-state index in [9.17, 15) is 4.79 Å². The molecule has 1 aromatic carbocycles. The zero-order valence-electron chi connectivity index (χ0n) is 12.7. The molecule has 0 spiro atoms. The maximum atomic E-state index is 12.0. The predicted octanol–water partition coefficient (Wildman–Crippen LogP) is 1.30. The molecule has 1 aliphatic heterocycles. The molecular formula is C16H20N4O2. The number of ether oxygens (including phenoxy) is 1. The van der Waals surface area contributed by atoms with Crippen LogP contribution in [-0.4, -0.2) is 52.4 Å². The number of carbonyl (C=O) groups is 1. The lowest BCUT2D eigenvalue weighted by Gasteiger charge is -2.16. The molecule has 6 nitrogen and oxygen atoms in total. The molecule has 0 bridgehead atoms. The van der Waals surface area contributed by atoms with Crippen molar-refractivity contribution in [1.29, 1.82) is 0 Å². The minimum atomic E-state index is 0.233. The molecule has 0 aliphatic carbocycles. The highest BCUT2D eigenvalue weighted by atomic mass is 16.5. The first-order chi connectivity index (χ1) is 10.8. The number of hydrogen-bond donors (Lipinski definition) is 0. The Hall–Kier alpha value is -2.21. The number of carbonyl (C=O) groups excluding carboxylic acids is 1. The Kier molecular flexibility index (Phi) is 4.48. The number of benzene rings is 1. The average Bonchev–Trinajstić information content (AvgIpc) is 3.16. The molecule has 116 valence electrons. The Morgan fingerprint density at radius 1 is 1.32 bits per heavy atom. The molecule has 0 saturated carbocycles. The highest BCUT2D eigenvalue weighted by molar-refractivity contribution is 5.78. The molecule has 22 heavy (non-hydrogen) atoms. The Bertz CT molecular complexity index is 627. The number of nitrogens with zero attached hydrogens (tertiary/aromatic N) is 4. The maximum Gasteiger partial charge on any atom is 0.223 e. The fourth-order valence-corrected chi connectivity index (χ4v) is 2.92. The van der Waals surface area contributed by atoms with Gasteiger partial charge in [0, 0.05) is 32.3 Å². The largest absolute Gasteiger partial charge is 0.383 e. The van der Waals surface area contributed by atoms with Gasteiger partial charge in [0.25, 0.3) is 0 Å². The van der Waals surface area contributed by atoms with Gasteiger partial charge in [-0.05, 0) is 30.0 Å². The molecule has 1 saturated heterocycles. The van der Waals surface area contributed by atoms with Crippen molar-refractivity contribution in [2.75, 3.05) is 26.8 Å².